The molecule has 1 aliphatic heterocycles. The lowest BCUT2D eigenvalue weighted by atomic mass is 10.1. The van der Waals surface area contributed by atoms with Crippen LogP contribution in [0.5, 0.6) is 0 Å². The van der Waals surface area contributed by atoms with Crippen molar-refractivity contribution in [3.63, 3.8) is 0 Å². The van der Waals surface area contributed by atoms with Crippen molar-refractivity contribution in [3.05, 3.63) is 36.2 Å². The fraction of sp³-hybridized carbons (Fsp3) is 0.400. The van der Waals surface area contributed by atoms with E-state index in [-0.39, 0.29) is 18.6 Å². The van der Waals surface area contributed by atoms with Gasteiger partial charge in [-0.25, -0.2) is 14.5 Å². The molecule has 1 fully saturated rings. The number of fused-ring (bicyclic) bond motifs is 1. The van der Waals surface area contributed by atoms with Crippen molar-refractivity contribution in [2.45, 2.75) is 32.7 Å². The van der Waals surface area contributed by atoms with E-state index in [1.165, 1.54) is 0 Å². The Bertz CT molecular complexity index is 1010. The van der Waals surface area contributed by atoms with Crippen LogP contribution in [0.4, 0.5) is 0 Å². The summed E-state index contributed by atoms with van der Waals surface area (Å²) >= 11 is 0. The van der Waals surface area contributed by atoms with E-state index in [9.17, 15) is 9.59 Å². The number of hydrogen-bond donors (Lipinski definition) is 0. The number of pyridine rings is 1. The first kappa shape index (κ1) is 18.2. The van der Waals surface area contributed by atoms with E-state index in [4.69, 9.17) is 9.15 Å². The number of nitrogens with zero attached hydrogens (tertiary/aromatic N) is 4. The van der Waals surface area contributed by atoms with E-state index in [2.05, 4.69) is 10.1 Å². The van der Waals surface area contributed by atoms with E-state index in [1.54, 1.807) is 40.2 Å². The van der Waals surface area contributed by atoms with Gasteiger partial charge in [-0.3, -0.25) is 4.79 Å². The molecule has 0 radical (unpaired) electrons. The SMILES string of the molecule is CC(C)n1ncc2c(C(=O)OCCN3CCCC3=O)cc(-c3ccco3)nc21. The Hall–Kier alpha value is -3.16. The number of esters is 1. The third-order valence-electron chi connectivity index (χ3n) is 4.82. The van der Waals surface area contributed by atoms with Crippen molar-refractivity contribution in [1.29, 1.82) is 0 Å². The number of hydrogen-bond acceptors (Lipinski definition) is 6. The summed E-state index contributed by atoms with van der Waals surface area (Å²) in [7, 11) is 0. The maximum absolute atomic E-state index is 12.8. The van der Waals surface area contributed by atoms with Gasteiger partial charge in [0, 0.05) is 19.0 Å². The van der Waals surface area contributed by atoms with Crippen LogP contribution in [0.2, 0.25) is 0 Å². The molecule has 0 aromatic carbocycles. The molecule has 0 saturated carbocycles. The number of aromatic nitrogens is 3. The van der Waals surface area contributed by atoms with Crippen LogP contribution in [-0.2, 0) is 9.53 Å². The van der Waals surface area contributed by atoms with Gasteiger partial charge in [0.15, 0.2) is 11.4 Å². The number of ether oxygens (including phenoxy) is 1. The Morgan fingerprint density at radius 3 is 2.93 bits per heavy atom. The molecular weight excluding hydrogens is 360 g/mol. The smallest absolute Gasteiger partial charge is 0.339 e. The lowest BCUT2D eigenvalue weighted by molar-refractivity contribution is -0.128. The molecule has 3 aromatic heterocycles. The van der Waals surface area contributed by atoms with Gasteiger partial charge >= 0.3 is 5.97 Å². The van der Waals surface area contributed by atoms with Crippen LogP contribution in [0.1, 0.15) is 43.1 Å². The van der Waals surface area contributed by atoms with Gasteiger partial charge in [0.2, 0.25) is 5.91 Å². The third-order valence-corrected chi connectivity index (χ3v) is 4.82. The van der Waals surface area contributed by atoms with Crippen molar-refractivity contribution in [3.8, 4) is 11.5 Å². The third kappa shape index (κ3) is 3.37. The number of carbonyl (C=O) groups is 2. The largest absolute Gasteiger partial charge is 0.463 e. The summed E-state index contributed by atoms with van der Waals surface area (Å²) in [5, 5.41) is 5.01. The Morgan fingerprint density at radius 1 is 1.39 bits per heavy atom. The minimum Gasteiger partial charge on any atom is -0.463 e. The Labute approximate surface area is 162 Å². The van der Waals surface area contributed by atoms with E-state index >= 15 is 0 Å². The summed E-state index contributed by atoms with van der Waals surface area (Å²) in [4.78, 5) is 30.9. The van der Waals surface area contributed by atoms with Crippen LogP contribution in [0, 0.1) is 0 Å². The molecule has 1 saturated heterocycles. The molecule has 146 valence electrons. The molecule has 0 unspecified atom stereocenters. The van der Waals surface area contributed by atoms with Crippen LogP contribution in [-0.4, -0.2) is 51.2 Å². The fourth-order valence-corrected chi connectivity index (χ4v) is 3.38. The highest BCUT2D eigenvalue weighted by Crippen LogP contribution is 2.27. The highest BCUT2D eigenvalue weighted by Gasteiger charge is 2.22. The van der Waals surface area contributed by atoms with Crippen molar-refractivity contribution >= 4 is 22.9 Å². The zero-order valence-corrected chi connectivity index (χ0v) is 15.9. The maximum Gasteiger partial charge on any atom is 0.339 e. The van der Waals surface area contributed by atoms with E-state index in [0.717, 1.165) is 13.0 Å². The second kappa shape index (κ2) is 7.46. The van der Waals surface area contributed by atoms with Gasteiger partial charge in [0.25, 0.3) is 0 Å². The molecule has 0 aliphatic carbocycles. The summed E-state index contributed by atoms with van der Waals surface area (Å²) in [6.45, 7) is 5.29. The lowest BCUT2D eigenvalue weighted by Gasteiger charge is -2.15. The van der Waals surface area contributed by atoms with Crippen molar-refractivity contribution in [2.24, 2.45) is 0 Å². The van der Waals surface area contributed by atoms with Gasteiger partial charge in [0.05, 0.1) is 30.0 Å². The predicted molar refractivity (Wildman–Crippen MR) is 102 cm³/mol. The molecule has 8 nitrogen and oxygen atoms in total. The molecule has 1 aliphatic rings. The van der Waals surface area contributed by atoms with Crippen molar-refractivity contribution in [2.75, 3.05) is 19.7 Å². The average molecular weight is 382 g/mol. The Balaban J connectivity index is 1.63. The topological polar surface area (TPSA) is 90.5 Å². The minimum absolute atomic E-state index is 0.0851. The molecule has 4 rings (SSSR count). The van der Waals surface area contributed by atoms with Crippen LogP contribution in [0.3, 0.4) is 0 Å². The summed E-state index contributed by atoms with van der Waals surface area (Å²) in [5.41, 5.74) is 1.53. The molecule has 0 bridgehead atoms. The quantitative estimate of drug-likeness (QED) is 0.609. The van der Waals surface area contributed by atoms with E-state index < -0.39 is 5.97 Å². The van der Waals surface area contributed by atoms with E-state index in [1.807, 2.05) is 13.8 Å². The zero-order chi connectivity index (χ0) is 19.7. The molecule has 28 heavy (non-hydrogen) atoms. The molecule has 3 aromatic rings. The highest BCUT2D eigenvalue weighted by atomic mass is 16.5. The van der Waals surface area contributed by atoms with Crippen LogP contribution in [0.15, 0.2) is 35.1 Å². The molecule has 8 heteroatoms. The molecule has 1 amide bonds. The molecule has 4 heterocycles. The predicted octanol–water partition coefficient (Wildman–Crippen LogP) is 3.05. The van der Waals surface area contributed by atoms with Gasteiger partial charge in [-0.05, 0) is 38.5 Å². The van der Waals surface area contributed by atoms with Gasteiger partial charge in [-0.1, -0.05) is 0 Å². The first-order chi connectivity index (χ1) is 13.5. The Kier molecular flexibility index (Phi) is 4.85. The second-order valence-electron chi connectivity index (χ2n) is 7.07. The number of rotatable bonds is 6. The summed E-state index contributed by atoms with van der Waals surface area (Å²) in [6.07, 6.45) is 4.62. The summed E-state index contributed by atoms with van der Waals surface area (Å²) < 4.78 is 12.7. The van der Waals surface area contributed by atoms with Crippen LogP contribution in [0.25, 0.3) is 22.5 Å². The standard InChI is InChI=1S/C20H22N4O4/c1-13(2)24-19-15(12-21-24)14(11-16(22-19)17-5-4-9-27-17)20(26)28-10-8-23-7-3-6-18(23)25/h4-5,9,11-13H,3,6-8,10H2,1-2H3. The van der Waals surface area contributed by atoms with E-state index in [0.29, 0.717) is 41.0 Å². The van der Waals surface area contributed by atoms with Gasteiger partial charge in [-0.15, -0.1) is 0 Å². The summed E-state index contributed by atoms with van der Waals surface area (Å²) in [6, 6.07) is 5.31. The van der Waals surface area contributed by atoms with Crippen molar-refractivity contribution in [1.82, 2.24) is 19.7 Å². The van der Waals surface area contributed by atoms with Crippen molar-refractivity contribution < 1.29 is 18.7 Å². The van der Waals surface area contributed by atoms with Gasteiger partial charge in [0.1, 0.15) is 12.3 Å². The second-order valence-corrected chi connectivity index (χ2v) is 7.07. The zero-order valence-electron chi connectivity index (χ0n) is 15.9. The number of likely N-dealkylation sites (tertiary alicyclic amines) is 1. The fourth-order valence-electron chi connectivity index (χ4n) is 3.38. The van der Waals surface area contributed by atoms with Gasteiger partial charge < -0.3 is 14.1 Å². The normalized spacial score (nSPS) is 14.4. The van der Waals surface area contributed by atoms with Gasteiger partial charge in [-0.2, -0.15) is 5.10 Å². The minimum atomic E-state index is -0.463. The molecule has 0 atom stereocenters. The Morgan fingerprint density at radius 2 is 2.25 bits per heavy atom. The highest BCUT2D eigenvalue weighted by molar-refractivity contribution is 6.03. The first-order valence-corrected chi connectivity index (χ1v) is 9.41. The number of amides is 1. The van der Waals surface area contributed by atoms with Crippen LogP contribution < -0.4 is 0 Å². The molecular formula is C20H22N4O4. The summed E-state index contributed by atoms with van der Waals surface area (Å²) in [5.74, 6) is 0.214. The number of furan rings is 1. The monoisotopic (exact) mass is 382 g/mol. The molecule has 0 spiro atoms. The number of carbonyl (C=O) groups excluding carboxylic acids is 2. The average Bonchev–Trinajstić information content (AvgIpc) is 3.41. The lowest BCUT2D eigenvalue weighted by Crippen LogP contribution is -2.29. The van der Waals surface area contributed by atoms with Crippen LogP contribution >= 0.6 is 0 Å². The molecule has 0 N–H and O–H groups in total. The maximum atomic E-state index is 12.8. The first-order valence-electron chi connectivity index (χ1n) is 9.41.